The van der Waals surface area contributed by atoms with Gasteiger partial charge in [-0.3, -0.25) is 4.79 Å². The van der Waals surface area contributed by atoms with E-state index in [0.29, 0.717) is 5.69 Å². The van der Waals surface area contributed by atoms with Crippen LogP contribution in [0.5, 0.6) is 5.75 Å². The number of hydrogen-bond donors (Lipinski definition) is 3. The highest BCUT2D eigenvalue weighted by Gasteiger charge is 2.30. The molecule has 0 saturated heterocycles. The molecule has 0 fully saturated rings. The number of ether oxygens (including phenoxy) is 1. The minimum absolute atomic E-state index is 0.0155. The maximum Gasteiger partial charge on any atom is 0.573 e. The number of carbonyl (C=O) groups excluding carboxylic acids is 1. The average Bonchev–Trinajstić information content (AvgIpc) is 2.35. The Labute approximate surface area is 137 Å². The Kier molecular flexibility index (Phi) is 6.20. The molecule has 0 bridgehead atoms. The van der Waals surface area contributed by atoms with Gasteiger partial charge in [0.2, 0.25) is 5.91 Å². The number of benzene rings is 1. The third kappa shape index (κ3) is 8.87. The van der Waals surface area contributed by atoms with Crippen molar-refractivity contribution in [3.63, 3.8) is 0 Å². The standard InChI is InChI=1S/C14H18F3N3O2S/c1-13(2,3)20-11(21)8-18-12(23)19-9-4-6-10(7-5-9)22-14(15,16)17/h4-7H,8H2,1-3H3,(H,20,21)(H2,18,19,23). The third-order valence-corrected chi connectivity index (χ3v) is 2.52. The van der Waals surface area contributed by atoms with Crippen LogP contribution in [0.1, 0.15) is 20.8 Å². The molecule has 0 unspecified atom stereocenters. The summed E-state index contributed by atoms with van der Waals surface area (Å²) in [5.74, 6) is -0.554. The molecule has 3 N–H and O–H groups in total. The van der Waals surface area contributed by atoms with Crippen LogP contribution >= 0.6 is 12.2 Å². The second kappa shape index (κ2) is 7.49. The summed E-state index contributed by atoms with van der Waals surface area (Å²) in [6.07, 6.45) is -4.73. The Bertz CT molecular complexity index is 554. The number of rotatable bonds is 4. The molecule has 0 saturated carbocycles. The van der Waals surface area contributed by atoms with Gasteiger partial charge in [-0.1, -0.05) is 0 Å². The zero-order valence-electron chi connectivity index (χ0n) is 12.9. The van der Waals surface area contributed by atoms with Gasteiger partial charge in [0.1, 0.15) is 5.75 Å². The van der Waals surface area contributed by atoms with E-state index >= 15 is 0 Å². The molecule has 23 heavy (non-hydrogen) atoms. The number of alkyl halides is 3. The summed E-state index contributed by atoms with van der Waals surface area (Å²) in [5, 5.41) is 8.39. The first-order chi connectivity index (χ1) is 10.4. The molecule has 0 heterocycles. The number of halogens is 3. The second-order valence-electron chi connectivity index (χ2n) is 5.68. The molecule has 0 aliphatic heterocycles. The predicted molar refractivity (Wildman–Crippen MR) is 85.2 cm³/mol. The quantitative estimate of drug-likeness (QED) is 0.730. The number of nitrogens with one attached hydrogen (secondary N) is 3. The van der Waals surface area contributed by atoms with E-state index in [2.05, 4.69) is 20.7 Å². The van der Waals surface area contributed by atoms with Gasteiger partial charge in [-0.2, -0.15) is 0 Å². The highest BCUT2D eigenvalue weighted by atomic mass is 32.1. The molecule has 0 radical (unpaired) electrons. The Balaban J connectivity index is 2.44. The lowest BCUT2D eigenvalue weighted by Crippen LogP contribution is -2.46. The maximum atomic E-state index is 12.0. The van der Waals surface area contributed by atoms with Gasteiger partial charge in [-0.15, -0.1) is 13.2 Å². The van der Waals surface area contributed by atoms with Crippen LogP contribution in [0.3, 0.4) is 0 Å². The number of thiocarbonyl (C=S) groups is 1. The van der Waals surface area contributed by atoms with Crippen molar-refractivity contribution in [2.45, 2.75) is 32.7 Å². The Morgan fingerprint density at radius 1 is 1.17 bits per heavy atom. The van der Waals surface area contributed by atoms with Crippen LogP contribution in [0.15, 0.2) is 24.3 Å². The van der Waals surface area contributed by atoms with Crippen LogP contribution in [0.4, 0.5) is 18.9 Å². The van der Waals surface area contributed by atoms with Crippen LogP contribution < -0.4 is 20.7 Å². The topological polar surface area (TPSA) is 62.4 Å². The minimum atomic E-state index is -4.73. The van der Waals surface area contributed by atoms with Crippen molar-refractivity contribution in [2.75, 3.05) is 11.9 Å². The highest BCUT2D eigenvalue weighted by molar-refractivity contribution is 7.80. The van der Waals surface area contributed by atoms with Crippen molar-refractivity contribution < 1.29 is 22.7 Å². The summed E-state index contributed by atoms with van der Waals surface area (Å²) in [6.45, 7) is 5.54. The highest BCUT2D eigenvalue weighted by Crippen LogP contribution is 2.23. The monoisotopic (exact) mass is 349 g/mol. The first kappa shape index (κ1) is 19.0. The lowest BCUT2D eigenvalue weighted by molar-refractivity contribution is -0.274. The number of hydrogen-bond acceptors (Lipinski definition) is 3. The molecule has 5 nitrogen and oxygen atoms in total. The summed E-state index contributed by atoms with van der Waals surface area (Å²) in [7, 11) is 0. The van der Waals surface area contributed by atoms with Crippen LogP contribution in [0, 0.1) is 0 Å². The molecule has 128 valence electrons. The zero-order chi connectivity index (χ0) is 17.7. The van der Waals surface area contributed by atoms with Crippen molar-refractivity contribution in [1.82, 2.24) is 10.6 Å². The molecule has 1 rings (SSSR count). The molecule has 0 aromatic heterocycles. The molecule has 0 atom stereocenters. The second-order valence-corrected chi connectivity index (χ2v) is 6.09. The Hall–Kier alpha value is -2.03. The van der Waals surface area contributed by atoms with E-state index in [9.17, 15) is 18.0 Å². The van der Waals surface area contributed by atoms with Gasteiger partial charge in [0, 0.05) is 11.2 Å². The van der Waals surface area contributed by atoms with Crippen molar-refractivity contribution in [2.24, 2.45) is 0 Å². The van der Waals surface area contributed by atoms with Gasteiger partial charge in [-0.05, 0) is 57.3 Å². The van der Waals surface area contributed by atoms with E-state index in [1.165, 1.54) is 12.1 Å². The molecule has 0 aliphatic carbocycles. The molecular weight excluding hydrogens is 331 g/mol. The fourth-order valence-electron chi connectivity index (χ4n) is 1.54. The lowest BCUT2D eigenvalue weighted by atomic mass is 10.1. The SMILES string of the molecule is CC(C)(C)NC(=O)CNC(=S)Nc1ccc(OC(F)(F)F)cc1. The summed E-state index contributed by atoms with van der Waals surface area (Å²) in [4.78, 5) is 11.6. The van der Waals surface area contributed by atoms with E-state index < -0.39 is 6.36 Å². The molecule has 0 aliphatic rings. The van der Waals surface area contributed by atoms with Gasteiger partial charge in [0.15, 0.2) is 5.11 Å². The van der Waals surface area contributed by atoms with Crippen LogP contribution in [-0.2, 0) is 4.79 Å². The minimum Gasteiger partial charge on any atom is -0.406 e. The first-order valence-electron chi connectivity index (χ1n) is 6.66. The molecule has 9 heteroatoms. The normalized spacial score (nSPS) is 11.6. The summed E-state index contributed by atoms with van der Waals surface area (Å²) in [6, 6.07) is 5.07. The van der Waals surface area contributed by atoms with Crippen molar-refractivity contribution in [1.29, 1.82) is 0 Å². The van der Waals surface area contributed by atoms with Crippen LogP contribution in [-0.4, -0.2) is 29.5 Å². The van der Waals surface area contributed by atoms with Gasteiger partial charge < -0.3 is 20.7 Å². The molecule has 0 spiro atoms. The fourth-order valence-corrected chi connectivity index (χ4v) is 1.73. The number of anilines is 1. The van der Waals surface area contributed by atoms with Crippen LogP contribution in [0.25, 0.3) is 0 Å². The van der Waals surface area contributed by atoms with Gasteiger partial charge >= 0.3 is 6.36 Å². The van der Waals surface area contributed by atoms with Gasteiger partial charge in [0.05, 0.1) is 6.54 Å². The molecule has 1 amide bonds. The Morgan fingerprint density at radius 2 is 1.74 bits per heavy atom. The maximum absolute atomic E-state index is 12.0. The number of amides is 1. The molecular formula is C14H18F3N3O2S. The largest absolute Gasteiger partial charge is 0.573 e. The van der Waals surface area contributed by atoms with E-state index in [0.717, 1.165) is 12.1 Å². The van der Waals surface area contributed by atoms with E-state index in [1.54, 1.807) is 0 Å². The predicted octanol–water partition coefficient (Wildman–Crippen LogP) is 2.79. The zero-order valence-corrected chi connectivity index (χ0v) is 13.7. The molecule has 1 aromatic rings. The van der Waals surface area contributed by atoms with Crippen molar-refractivity contribution >= 4 is 28.9 Å². The van der Waals surface area contributed by atoms with Crippen molar-refractivity contribution in [3.8, 4) is 5.75 Å². The van der Waals surface area contributed by atoms with E-state index in [-0.39, 0.29) is 28.9 Å². The summed E-state index contributed by atoms with van der Waals surface area (Å²) >= 11 is 5.00. The first-order valence-corrected chi connectivity index (χ1v) is 7.07. The van der Waals surface area contributed by atoms with Crippen LogP contribution in [0.2, 0.25) is 0 Å². The van der Waals surface area contributed by atoms with Gasteiger partial charge in [0.25, 0.3) is 0 Å². The summed E-state index contributed by atoms with van der Waals surface area (Å²) in [5.41, 5.74) is 0.121. The summed E-state index contributed by atoms with van der Waals surface area (Å²) < 4.78 is 39.9. The van der Waals surface area contributed by atoms with E-state index in [1.807, 2.05) is 20.8 Å². The fraction of sp³-hybridized carbons (Fsp3) is 0.429. The smallest absolute Gasteiger partial charge is 0.406 e. The lowest BCUT2D eigenvalue weighted by Gasteiger charge is -2.21. The third-order valence-electron chi connectivity index (χ3n) is 2.27. The Morgan fingerprint density at radius 3 is 2.22 bits per heavy atom. The van der Waals surface area contributed by atoms with E-state index in [4.69, 9.17) is 12.2 Å². The average molecular weight is 349 g/mol. The van der Waals surface area contributed by atoms with Gasteiger partial charge in [-0.25, -0.2) is 0 Å². The number of carbonyl (C=O) groups is 1. The molecule has 1 aromatic carbocycles. The van der Waals surface area contributed by atoms with Crippen molar-refractivity contribution in [3.05, 3.63) is 24.3 Å².